The molecule has 1 heterocycles. The molecule has 0 aromatic heterocycles. The largest absolute Gasteiger partial charge is 0.380 e. The van der Waals surface area contributed by atoms with Gasteiger partial charge in [-0.05, 0) is 24.0 Å². The van der Waals surface area contributed by atoms with E-state index in [1.54, 1.807) is 7.11 Å². The minimum absolute atomic E-state index is 0.648. The number of aliphatic imine (C=N–C) groups is 1. The summed E-state index contributed by atoms with van der Waals surface area (Å²) < 4.78 is 5.10. The van der Waals surface area contributed by atoms with Gasteiger partial charge in [-0.3, -0.25) is 0 Å². The number of methoxy groups -OCH3 is 1. The third-order valence-corrected chi connectivity index (χ3v) is 3.69. The number of nitrogens with zero attached hydrogens (tertiary/aromatic N) is 2. The molecule has 1 saturated heterocycles. The zero-order valence-corrected chi connectivity index (χ0v) is 12.3. The first-order valence-electron chi connectivity index (χ1n) is 7.41. The fourth-order valence-electron chi connectivity index (χ4n) is 2.48. The Kier molecular flexibility index (Phi) is 5.87. The monoisotopic (exact) mass is 275 g/mol. The number of guanidine groups is 1. The number of ether oxygens (including phenoxy) is 1. The van der Waals surface area contributed by atoms with E-state index in [1.807, 2.05) is 0 Å². The molecule has 0 unspecified atom stereocenters. The van der Waals surface area contributed by atoms with Gasteiger partial charge in [0.1, 0.15) is 0 Å². The van der Waals surface area contributed by atoms with E-state index in [0.29, 0.717) is 19.1 Å². The Hall–Kier alpha value is -1.55. The molecule has 2 N–H and O–H groups in total. The average Bonchev–Trinajstić information content (AvgIpc) is 2.76. The molecule has 20 heavy (non-hydrogen) atoms. The van der Waals surface area contributed by atoms with Crippen molar-refractivity contribution in [1.29, 1.82) is 0 Å². The number of rotatable bonds is 4. The molecular weight excluding hydrogens is 250 g/mol. The molecule has 1 fully saturated rings. The molecule has 0 spiro atoms. The number of hydrogen-bond acceptors (Lipinski definition) is 2. The Balaban J connectivity index is 1.89. The average molecular weight is 275 g/mol. The molecule has 2 rings (SSSR count). The number of likely N-dealkylation sites (tertiary alicyclic amines) is 1. The van der Waals surface area contributed by atoms with Gasteiger partial charge in [0.05, 0.1) is 13.2 Å². The fourth-order valence-corrected chi connectivity index (χ4v) is 2.48. The summed E-state index contributed by atoms with van der Waals surface area (Å²) in [4.78, 5) is 6.74. The lowest BCUT2D eigenvalue weighted by Gasteiger charge is -2.21. The van der Waals surface area contributed by atoms with Gasteiger partial charge in [-0.1, -0.05) is 37.1 Å². The van der Waals surface area contributed by atoms with Crippen molar-refractivity contribution in [3.8, 4) is 0 Å². The van der Waals surface area contributed by atoms with Crippen LogP contribution in [-0.2, 0) is 17.9 Å². The van der Waals surface area contributed by atoms with Crippen LogP contribution in [0.2, 0.25) is 0 Å². The van der Waals surface area contributed by atoms with E-state index in [-0.39, 0.29) is 0 Å². The van der Waals surface area contributed by atoms with Gasteiger partial charge >= 0.3 is 0 Å². The third-order valence-electron chi connectivity index (χ3n) is 3.69. The molecule has 0 saturated carbocycles. The maximum Gasteiger partial charge on any atom is 0.191 e. The maximum absolute atomic E-state index is 6.10. The van der Waals surface area contributed by atoms with Gasteiger partial charge < -0.3 is 15.4 Å². The summed E-state index contributed by atoms with van der Waals surface area (Å²) >= 11 is 0. The molecule has 1 aromatic rings. The summed E-state index contributed by atoms with van der Waals surface area (Å²) in [5, 5.41) is 0. The lowest BCUT2D eigenvalue weighted by atomic mass is 10.1. The van der Waals surface area contributed by atoms with Crippen LogP contribution in [0, 0.1) is 0 Å². The van der Waals surface area contributed by atoms with Crippen LogP contribution in [0.25, 0.3) is 0 Å². The summed E-state index contributed by atoms with van der Waals surface area (Å²) in [6.07, 6.45) is 5.07. The molecule has 110 valence electrons. The van der Waals surface area contributed by atoms with Crippen LogP contribution in [-0.4, -0.2) is 31.1 Å². The van der Waals surface area contributed by atoms with Gasteiger partial charge in [-0.25, -0.2) is 4.99 Å². The highest BCUT2D eigenvalue weighted by Crippen LogP contribution is 2.10. The van der Waals surface area contributed by atoms with E-state index >= 15 is 0 Å². The molecule has 0 bridgehead atoms. The van der Waals surface area contributed by atoms with Crippen LogP contribution in [0.15, 0.2) is 29.3 Å². The van der Waals surface area contributed by atoms with E-state index in [4.69, 9.17) is 10.5 Å². The van der Waals surface area contributed by atoms with Gasteiger partial charge in [-0.15, -0.1) is 0 Å². The summed E-state index contributed by atoms with van der Waals surface area (Å²) in [6, 6.07) is 8.34. The van der Waals surface area contributed by atoms with Crippen molar-refractivity contribution < 1.29 is 4.74 Å². The summed E-state index contributed by atoms with van der Waals surface area (Å²) in [6.45, 7) is 3.39. The van der Waals surface area contributed by atoms with Gasteiger partial charge in [-0.2, -0.15) is 0 Å². The third kappa shape index (κ3) is 4.53. The normalized spacial score (nSPS) is 17.1. The Labute approximate surface area is 121 Å². The molecule has 1 aliphatic rings. The van der Waals surface area contributed by atoms with Crippen molar-refractivity contribution in [3.05, 3.63) is 35.4 Å². The molecule has 4 heteroatoms. The first-order valence-corrected chi connectivity index (χ1v) is 7.41. The number of benzene rings is 1. The standard InChI is InChI=1S/C16H25N3O/c1-20-13-15-8-6-14(7-9-15)12-18-16(17)19-10-4-2-3-5-11-19/h6-9H,2-5,10-13H2,1H3,(H2,17,18). The SMILES string of the molecule is COCc1ccc(CN=C(N)N2CCCCCC2)cc1. The highest BCUT2D eigenvalue weighted by molar-refractivity contribution is 5.78. The van der Waals surface area contributed by atoms with Crippen LogP contribution in [0.5, 0.6) is 0 Å². The molecule has 1 aliphatic heterocycles. The Bertz CT molecular complexity index is 420. The van der Waals surface area contributed by atoms with Crippen molar-refractivity contribution in [2.45, 2.75) is 38.8 Å². The van der Waals surface area contributed by atoms with Crippen molar-refractivity contribution >= 4 is 5.96 Å². The van der Waals surface area contributed by atoms with Crippen molar-refractivity contribution in [1.82, 2.24) is 4.90 Å². The second-order valence-corrected chi connectivity index (χ2v) is 5.33. The minimum Gasteiger partial charge on any atom is -0.380 e. The maximum atomic E-state index is 6.10. The van der Waals surface area contributed by atoms with E-state index < -0.39 is 0 Å². The first-order chi connectivity index (χ1) is 9.79. The summed E-state index contributed by atoms with van der Waals surface area (Å²) in [5.74, 6) is 0.688. The zero-order valence-electron chi connectivity index (χ0n) is 12.3. The Morgan fingerprint density at radius 2 is 1.70 bits per heavy atom. The fraction of sp³-hybridized carbons (Fsp3) is 0.562. The van der Waals surface area contributed by atoms with Crippen LogP contribution >= 0.6 is 0 Å². The first kappa shape index (κ1) is 14.9. The van der Waals surface area contributed by atoms with Crippen LogP contribution in [0.1, 0.15) is 36.8 Å². The Morgan fingerprint density at radius 1 is 1.10 bits per heavy atom. The topological polar surface area (TPSA) is 50.9 Å². The molecule has 4 nitrogen and oxygen atoms in total. The van der Waals surface area contributed by atoms with Crippen LogP contribution < -0.4 is 5.73 Å². The molecule has 0 atom stereocenters. The van der Waals surface area contributed by atoms with E-state index in [9.17, 15) is 0 Å². The smallest absolute Gasteiger partial charge is 0.191 e. The van der Waals surface area contributed by atoms with E-state index in [0.717, 1.165) is 13.1 Å². The van der Waals surface area contributed by atoms with Gasteiger partial charge in [0.15, 0.2) is 5.96 Å². The van der Waals surface area contributed by atoms with Gasteiger partial charge in [0.25, 0.3) is 0 Å². The molecule has 1 aromatic carbocycles. The van der Waals surface area contributed by atoms with Crippen LogP contribution in [0.4, 0.5) is 0 Å². The number of hydrogen-bond donors (Lipinski definition) is 1. The Morgan fingerprint density at radius 3 is 2.30 bits per heavy atom. The van der Waals surface area contributed by atoms with Crippen molar-refractivity contribution in [3.63, 3.8) is 0 Å². The zero-order chi connectivity index (χ0) is 14.2. The van der Waals surface area contributed by atoms with E-state index in [2.05, 4.69) is 34.2 Å². The quantitative estimate of drug-likeness (QED) is 0.678. The predicted octanol–water partition coefficient (Wildman–Crippen LogP) is 2.52. The summed E-state index contributed by atoms with van der Waals surface area (Å²) in [5.41, 5.74) is 8.46. The lowest BCUT2D eigenvalue weighted by Crippen LogP contribution is -2.38. The second-order valence-electron chi connectivity index (χ2n) is 5.33. The molecule has 0 radical (unpaired) electrons. The second kappa shape index (κ2) is 7.90. The highest BCUT2D eigenvalue weighted by Gasteiger charge is 2.10. The predicted molar refractivity (Wildman–Crippen MR) is 82.5 cm³/mol. The van der Waals surface area contributed by atoms with Crippen LogP contribution in [0.3, 0.4) is 0 Å². The molecule has 0 amide bonds. The van der Waals surface area contributed by atoms with E-state index in [1.165, 1.54) is 36.8 Å². The van der Waals surface area contributed by atoms with Crippen molar-refractivity contribution in [2.75, 3.05) is 20.2 Å². The highest BCUT2D eigenvalue weighted by atomic mass is 16.5. The number of nitrogens with two attached hydrogens (primary N) is 1. The van der Waals surface area contributed by atoms with Gasteiger partial charge in [0.2, 0.25) is 0 Å². The summed E-state index contributed by atoms with van der Waals surface area (Å²) in [7, 11) is 1.71. The van der Waals surface area contributed by atoms with Crippen molar-refractivity contribution in [2.24, 2.45) is 10.7 Å². The molecular formula is C16H25N3O. The minimum atomic E-state index is 0.648. The molecule has 0 aliphatic carbocycles. The lowest BCUT2D eigenvalue weighted by molar-refractivity contribution is 0.185. The van der Waals surface area contributed by atoms with Gasteiger partial charge in [0, 0.05) is 20.2 Å².